The molecule has 0 bridgehead atoms. The maximum Gasteiger partial charge on any atom is 0.261 e. The van der Waals surface area contributed by atoms with Crippen LogP contribution in [0.5, 0.6) is 0 Å². The summed E-state index contributed by atoms with van der Waals surface area (Å²) in [7, 11) is 0. The lowest BCUT2D eigenvalue weighted by molar-refractivity contribution is -0.117. The van der Waals surface area contributed by atoms with E-state index >= 15 is 0 Å². The molecule has 0 unspecified atom stereocenters. The van der Waals surface area contributed by atoms with Crippen LogP contribution in [0.25, 0.3) is 0 Å². The van der Waals surface area contributed by atoms with Crippen LogP contribution in [0, 0.1) is 5.92 Å². The van der Waals surface area contributed by atoms with Crippen LogP contribution in [-0.4, -0.2) is 18.4 Å². The summed E-state index contributed by atoms with van der Waals surface area (Å²) in [6.07, 6.45) is 1.95. The van der Waals surface area contributed by atoms with E-state index < -0.39 is 0 Å². The molecule has 2 aromatic rings. The molecule has 1 fully saturated rings. The highest BCUT2D eigenvalue weighted by Crippen LogP contribution is 2.31. The third-order valence-electron chi connectivity index (χ3n) is 3.96. The highest BCUT2D eigenvalue weighted by molar-refractivity contribution is 7.18. The number of carbonyl (C=O) groups is 2. The summed E-state index contributed by atoms with van der Waals surface area (Å²) in [5, 5.41) is 6.57. The summed E-state index contributed by atoms with van der Waals surface area (Å²) in [6.45, 7) is 2.68. The molecule has 1 atom stereocenters. The number of thiophene rings is 1. The maximum atomic E-state index is 12.2. The largest absolute Gasteiger partial charge is 0.351 e. The van der Waals surface area contributed by atoms with Crippen molar-refractivity contribution in [3.05, 3.63) is 52.9 Å². The van der Waals surface area contributed by atoms with Gasteiger partial charge in [0.2, 0.25) is 5.91 Å². The van der Waals surface area contributed by atoms with Gasteiger partial charge in [0, 0.05) is 12.5 Å². The van der Waals surface area contributed by atoms with Crippen LogP contribution in [0.1, 0.15) is 40.9 Å². The van der Waals surface area contributed by atoms with E-state index in [1.807, 2.05) is 18.2 Å². The minimum Gasteiger partial charge on any atom is -0.351 e. The fourth-order valence-electron chi connectivity index (χ4n) is 2.33. The molecule has 1 heterocycles. The highest BCUT2D eigenvalue weighted by Gasteiger charge is 2.29. The van der Waals surface area contributed by atoms with Crippen LogP contribution in [0.2, 0.25) is 0 Å². The molecular weight excluding hydrogens is 308 g/mol. The minimum absolute atomic E-state index is 0.0662. The first-order valence-electron chi connectivity index (χ1n) is 7.87. The Labute approximate surface area is 139 Å². The molecule has 1 aliphatic carbocycles. The average Bonchev–Trinajstić information content (AvgIpc) is 3.33. The van der Waals surface area contributed by atoms with Crippen molar-refractivity contribution < 1.29 is 9.59 Å². The van der Waals surface area contributed by atoms with E-state index in [9.17, 15) is 9.59 Å². The molecule has 0 radical (unpaired) electrons. The number of amides is 2. The van der Waals surface area contributed by atoms with Crippen LogP contribution in [0.15, 0.2) is 42.5 Å². The van der Waals surface area contributed by atoms with Crippen molar-refractivity contribution in [2.75, 3.05) is 11.9 Å². The fraction of sp³-hybridized carbons (Fsp3) is 0.333. The molecule has 0 aliphatic heterocycles. The topological polar surface area (TPSA) is 58.2 Å². The Balaban J connectivity index is 1.52. The van der Waals surface area contributed by atoms with E-state index in [4.69, 9.17) is 0 Å². The van der Waals surface area contributed by atoms with E-state index in [1.165, 1.54) is 16.9 Å². The fourth-order valence-corrected chi connectivity index (χ4v) is 3.15. The van der Waals surface area contributed by atoms with Gasteiger partial charge in [-0.3, -0.25) is 9.59 Å². The van der Waals surface area contributed by atoms with Gasteiger partial charge in [-0.05, 0) is 36.5 Å². The molecule has 0 saturated heterocycles. The summed E-state index contributed by atoms with van der Waals surface area (Å²) in [6, 6.07) is 13.7. The number of nitrogens with one attached hydrogen (secondary N) is 2. The number of hydrogen-bond acceptors (Lipinski definition) is 3. The van der Waals surface area contributed by atoms with E-state index in [-0.39, 0.29) is 23.7 Å². The van der Waals surface area contributed by atoms with E-state index in [2.05, 4.69) is 29.7 Å². The van der Waals surface area contributed by atoms with Crippen molar-refractivity contribution >= 4 is 28.2 Å². The predicted molar refractivity (Wildman–Crippen MR) is 92.9 cm³/mol. The minimum atomic E-state index is -0.0929. The monoisotopic (exact) mass is 328 g/mol. The van der Waals surface area contributed by atoms with Crippen LogP contribution < -0.4 is 10.6 Å². The first kappa shape index (κ1) is 15.7. The number of rotatable bonds is 6. The standard InChI is InChI=1S/C18H20N2O2S/c1-12(13-5-3-2-4-6-13)11-19-18(22)15-9-10-16(23-15)20-17(21)14-7-8-14/h2-6,9-10,12,14H,7-8,11H2,1H3,(H,19,22)(H,20,21)/t12-/m1/s1. The molecule has 2 amide bonds. The molecule has 4 nitrogen and oxygen atoms in total. The lowest BCUT2D eigenvalue weighted by atomic mass is 10.0. The number of anilines is 1. The maximum absolute atomic E-state index is 12.2. The Morgan fingerprint density at radius 3 is 2.61 bits per heavy atom. The zero-order chi connectivity index (χ0) is 16.2. The molecule has 0 spiro atoms. The van der Waals surface area contributed by atoms with Crippen LogP contribution in [0.4, 0.5) is 5.00 Å². The van der Waals surface area contributed by atoms with Crippen LogP contribution >= 0.6 is 11.3 Å². The normalized spacial score (nSPS) is 15.0. The van der Waals surface area contributed by atoms with Gasteiger partial charge in [0.25, 0.3) is 5.91 Å². The number of hydrogen-bond donors (Lipinski definition) is 2. The first-order valence-corrected chi connectivity index (χ1v) is 8.69. The number of carbonyl (C=O) groups excluding carboxylic acids is 2. The smallest absolute Gasteiger partial charge is 0.261 e. The van der Waals surface area contributed by atoms with Gasteiger partial charge in [0.15, 0.2) is 0 Å². The zero-order valence-corrected chi connectivity index (χ0v) is 13.9. The molecule has 1 aromatic carbocycles. The van der Waals surface area contributed by atoms with Gasteiger partial charge in [0.05, 0.1) is 9.88 Å². The zero-order valence-electron chi connectivity index (χ0n) is 13.0. The van der Waals surface area contributed by atoms with Crippen LogP contribution in [0.3, 0.4) is 0 Å². The van der Waals surface area contributed by atoms with Crippen molar-refractivity contribution in [1.82, 2.24) is 5.32 Å². The van der Waals surface area contributed by atoms with Gasteiger partial charge in [-0.25, -0.2) is 0 Å². The van der Waals surface area contributed by atoms with Crippen molar-refractivity contribution in [2.24, 2.45) is 5.92 Å². The van der Waals surface area contributed by atoms with E-state index in [0.29, 0.717) is 11.4 Å². The molecule has 3 rings (SSSR count). The predicted octanol–water partition coefficient (Wildman–Crippen LogP) is 3.63. The highest BCUT2D eigenvalue weighted by atomic mass is 32.1. The molecule has 23 heavy (non-hydrogen) atoms. The third-order valence-corrected chi connectivity index (χ3v) is 4.96. The van der Waals surface area contributed by atoms with E-state index in [1.54, 1.807) is 12.1 Å². The molecule has 2 N–H and O–H groups in total. The quantitative estimate of drug-likeness (QED) is 0.851. The Kier molecular flexibility index (Phi) is 4.76. The lowest BCUT2D eigenvalue weighted by Gasteiger charge is -2.12. The summed E-state index contributed by atoms with van der Waals surface area (Å²) in [5.74, 6) is 0.400. The third kappa shape index (κ3) is 4.20. The second-order valence-corrected chi connectivity index (χ2v) is 7.03. The Hall–Kier alpha value is -2.14. The SMILES string of the molecule is C[C@H](CNC(=O)c1ccc(NC(=O)C2CC2)s1)c1ccccc1. The van der Waals surface area contributed by atoms with Gasteiger partial charge >= 0.3 is 0 Å². The van der Waals surface area contributed by atoms with E-state index in [0.717, 1.165) is 17.8 Å². The van der Waals surface area contributed by atoms with Gasteiger partial charge in [-0.2, -0.15) is 0 Å². The molecule has 120 valence electrons. The Morgan fingerprint density at radius 1 is 1.17 bits per heavy atom. The summed E-state index contributed by atoms with van der Waals surface area (Å²) >= 11 is 1.32. The van der Waals surface area contributed by atoms with Crippen molar-refractivity contribution in [3.63, 3.8) is 0 Å². The van der Waals surface area contributed by atoms with Crippen molar-refractivity contribution in [1.29, 1.82) is 0 Å². The Bertz CT molecular complexity index is 692. The average molecular weight is 328 g/mol. The lowest BCUT2D eigenvalue weighted by Crippen LogP contribution is -2.26. The molecule has 5 heteroatoms. The first-order chi connectivity index (χ1) is 11.1. The Morgan fingerprint density at radius 2 is 1.91 bits per heavy atom. The van der Waals surface area contributed by atoms with Gasteiger partial charge in [0.1, 0.15) is 0 Å². The second-order valence-electron chi connectivity index (χ2n) is 5.95. The molecule has 1 aliphatic rings. The van der Waals surface area contributed by atoms with Gasteiger partial charge in [-0.15, -0.1) is 11.3 Å². The molecule has 1 saturated carbocycles. The second kappa shape index (κ2) is 6.96. The van der Waals surface area contributed by atoms with Gasteiger partial charge in [-0.1, -0.05) is 37.3 Å². The van der Waals surface area contributed by atoms with Crippen molar-refractivity contribution in [3.8, 4) is 0 Å². The summed E-state index contributed by atoms with van der Waals surface area (Å²) in [5.41, 5.74) is 1.20. The van der Waals surface area contributed by atoms with Gasteiger partial charge < -0.3 is 10.6 Å². The number of benzene rings is 1. The summed E-state index contributed by atoms with van der Waals surface area (Å²) in [4.78, 5) is 24.6. The molecule has 1 aromatic heterocycles. The molecular formula is C18H20N2O2S. The van der Waals surface area contributed by atoms with Crippen molar-refractivity contribution in [2.45, 2.75) is 25.7 Å². The van der Waals surface area contributed by atoms with Crippen LogP contribution in [-0.2, 0) is 4.79 Å². The summed E-state index contributed by atoms with van der Waals surface area (Å²) < 4.78 is 0.